The van der Waals surface area contributed by atoms with Crippen LogP contribution in [0.15, 0.2) is 81.2 Å². The second-order valence-electron chi connectivity index (χ2n) is 6.34. The van der Waals surface area contributed by atoms with E-state index in [1.165, 1.54) is 11.8 Å². The van der Waals surface area contributed by atoms with Crippen molar-refractivity contribution in [3.63, 3.8) is 0 Å². The molecule has 146 valence electrons. The number of hydrogen-bond acceptors (Lipinski definition) is 6. The van der Waals surface area contributed by atoms with E-state index in [1.807, 2.05) is 60.0 Å². The van der Waals surface area contributed by atoms with Crippen molar-refractivity contribution >= 4 is 33.5 Å². The number of thioether (sulfide) groups is 1. The largest absolute Gasteiger partial charge is 0.467 e. The van der Waals surface area contributed by atoms with Gasteiger partial charge in [-0.05, 0) is 43.3 Å². The highest BCUT2D eigenvalue weighted by molar-refractivity contribution is 9.10. The number of hydrogen-bond donors (Lipinski definition) is 0. The summed E-state index contributed by atoms with van der Waals surface area (Å²) < 4.78 is 8.40. The third-order valence-electron chi connectivity index (χ3n) is 4.31. The van der Waals surface area contributed by atoms with Gasteiger partial charge in [-0.3, -0.25) is 14.3 Å². The second kappa shape index (κ2) is 8.75. The molecule has 0 saturated heterocycles. The fourth-order valence-electron chi connectivity index (χ4n) is 2.85. The number of carbonyl (C=O) groups is 1. The number of aromatic nitrogens is 4. The molecule has 0 aliphatic carbocycles. The van der Waals surface area contributed by atoms with Gasteiger partial charge in [-0.1, -0.05) is 39.8 Å². The van der Waals surface area contributed by atoms with E-state index in [1.54, 1.807) is 18.7 Å². The van der Waals surface area contributed by atoms with Crippen LogP contribution in [0.4, 0.5) is 0 Å². The summed E-state index contributed by atoms with van der Waals surface area (Å²) in [6.45, 7) is 2.34. The predicted molar refractivity (Wildman–Crippen MR) is 115 cm³/mol. The first kappa shape index (κ1) is 19.6. The van der Waals surface area contributed by atoms with Crippen LogP contribution in [0, 0.1) is 0 Å². The van der Waals surface area contributed by atoms with Crippen molar-refractivity contribution < 1.29 is 9.21 Å². The smallest absolute Gasteiger partial charge is 0.192 e. The van der Waals surface area contributed by atoms with Gasteiger partial charge in [-0.25, -0.2) is 0 Å². The Hall–Kier alpha value is -2.71. The molecule has 1 unspecified atom stereocenters. The van der Waals surface area contributed by atoms with Crippen LogP contribution >= 0.6 is 27.7 Å². The molecule has 1 atom stereocenters. The highest BCUT2D eigenvalue weighted by atomic mass is 79.9. The maximum atomic E-state index is 12.8. The molecule has 0 radical (unpaired) electrons. The number of carbonyl (C=O) groups excluding carboxylic acids is 1. The van der Waals surface area contributed by atoms with Crippen LogP contribution in [0.2, 0.25) is 0 Å². The third-order valence-corrected chi connectivity index (χ3v) is 5.92. The number of halogens is 1. The van der Waals surface area contributed by atoms with Crippen LogP contribution in [-0.2, 0) is 6.54 Å². The fourth-order valence-corrected chi connectivity index (χ4v) is 4.04. The van der Waals surface area contributed by atoms with Gasteiger partial charge in [-0.15, -0.1) is 10.2 Å². The van der Waals surface area contributed by atoms with Crippen LogP contribution in [0.25, 0.3) is 11.4 Å². The van der Waals surface area contributed by atoms with Gasteiger partial charge in [0.2, 0.25) is 0 Å². The van der Waals surface area contributed by atoms with Crippen molar-refractivity contribution in [2.45, 2.75) is 23.9 Å². The van der Waals surface area contributed by atoms with Crippen LogP contribution in [-0.4, -0.2) is 30.8 Å². The molecule has 0 aliphatic heterocycles. The molecule has 29 heavy (non-hydrogen) atoms. The number of pyridine rings is 1. The number of benzene rings is 1. The van der Waals surface area contributed by atoms with Gasteiger partial charge < -0.3 is 4.42 Å². The minimum absolute atomic E-state index is 0.0398. The zero-order chi connectivity index (χ0) is 20.2. The molecule has 8 heteroatoms. The monoisotopic (exact) mass is 468 g/mol. The van der Waals surface area contributed by atoms with E-state index in [0.29, 0.717) is 23.1 Å². The number of Topliss-reactive ketones (excluding diaryl/α,β-unsaturated/α-hetero) is 1. The first-order valence-corrected chi connectivity index (χ1v) is 10.6. The Bertz CT molecular complexity index is 1100. The van der Waals surface area contributed by atoms with E-state index in [-0.39, 0.29) is 11.0 Å². The summed E-state index contributed by atoms with van der Waals surface area (Å²) in [7, 11) is 0. The minimum atomic E-state index is -0.322. The van der Waals surface area contributed by atoms with Crippen molar-refractivity contribution in [1.82, 2.24) is 19.7 Å². The Balaban J connectivity index is 1.63. The van der Waals surface area contributed by atoms with Gasteiger partial charge >= 0.3 is 0 Å². The summed E-state index contributed by atoms with van der Waals surface area (Å²) in [5.41, 5.74) is 1.52. The normalized spacial score (nSPS) is 12.1. The zero-order valence-corrected chi connectivity index (χ0v) is 17.9. The van der Waals surface area contributed by atoms with Crippen LogP contribution < -0.4 is 0 Å². The van der Waals surface area contributed by atoms with E-state index in [0.717, 1.165) is 15.8 Å². The molecule has 0 fully saturated rings. The number of furan rings is 1. The summed E-state index contributed by atoms with van der Waals surface area (Å²) in [5.74, 6) is 1.50. The van der Waals surface area contributed by atoms with E-state index >= 15 is 0 Å². The molecular formula is C21H17BrN4O2S. The fraction of sp³-hybridized carbons (Fsp3) is 0.143. The molecule has 1 aromatic carbocycles. The van der Waals surface area contributed by atoms with Gasteiger partial charge in [0.25, 0.3) is 0 Å². The van der Waals surface area contributed by atoms with Gasteiger partial charge in [0.05, 0.1) is 18.1 Å². The number of nitrogens with zero attached hydrogens (tertiary/aromatic N) is 4. The van der Waals surface area contributed by atoms with Crippen LogP contribution in [0.3, 0.4) is 0 Å². The number of rotatable bonds is 7. The Labute approximate surface area is 180 Å². The third kappa shape index (κ3) is 4.49. The van der Waals surface area contributed by atoms with Gasteiger partial charge in [0.1, 0.15) is 5.76 Å². The first-order chi connectivity index (χ1) is 14.1. The Morgan fingerprint density at radius 1 is 1.17 bits per heavy atom. The zero-order valence-electron chi connectivity index (χ0n) is 15.5. The molecule has 0 spiro atoms. The molecular weight excluding hydrogens is 452 g/mol. The average molecular weight is 469 g/mol. The summed E-state index contributed by atoms with van der Waals surface area (Å²) in [5, 5.41) is 9.04. The van der Waals surface area contributed by atoms with Crippen LogP contribution in [0.1, 0.15) is 23.0 Å². The molecule has 6 nitrogen and oxygen atoms in total. The molecule has 3 aromatic heterocycles. The molecule has 0 aliphatic rings. The highest BCUT2D eigenvalue weighted by Gasteiger charge is 2.22. The predicted octanol–water partition coefficient (Wildman–Crippen LogP) is 5.11. The van der Waals surface area contributed by atoms with Crippen molar-refractivity contribution in [3.05, 3.63) is 83.0 Å². The Morgan fingerprint density at radius 2 is 2.00 bits per heavy atom. The summed E-state index contributed by atoms with van der Waals surface area (Å²) >= 11 is 4.78. The lowest BCUT2D eigenvalue weighted by Crippen LogP contribution is -2.15. The highest BCUT2D eigenvalue weighted by Crippen LogP contribution is 2.29. The van der Waals surface area contributed by atoms with Crippen LogP contribution in [0.5, 0.6) is 0 Å². The molecule has 0 saturated carbocycles. The summed E-state index contributed by atoms with van der Waals surface area (Å²) in [6.07, 6.45) is 5.09. The molecule has 0 amide bonds. The Morgan fingerprint density at radius 3 is 2.69 bits per heavy atom. The molecule has 4 rings (SSSR count). The topological polar surface area (TPSA) is 73.8 Å². The van der Waals surface area contributed by atoms with E-state index in [2.05, 4.69) is 31.1 Å². The maximum Gasteiger partial charge on any atom is 0.192 e. The molecule has 3 heterocycles. The quantitative estimate of drug-likeness (QED) is 0.277. The van der Waals surface area contributed by atoms with Gasteiger partial charge in [0, 0.05) is 28.0 Å². The lowest BCUT2D eigenvalue weighted by molar-refractivity contribution is 0.0994. The van der Waals surface area contributed by atoms with Crippen molar-refractivity contribution in [2.75, 3.05) is 0 Å². The minimum Gasteiger partial charge on any atom is -0.467 e. The van der Waals surface area contributed by atoms with Crippen molar-refractivity contribution in [3.8, 4) is 11.4 Å². The SMILES string of the molecule is CC(Sc1nnc(-c2cccnc2)n1Cc1ccco1)C(=O)c1ccc(Br)cc1. The van der Waals surface area contributed by atoms with E-state index in [9.17, 15) is 4.79 Å². The summed E-state index contributed by atoms with van der Waals surface area (Å²) in [6, 6.07) is 14.9. The van der Waals surface area contributed by atoms with Gasteiger partial charge in [0.15, 0.2) is 16.8 Å². The average Bonchev–Trinajstić information content (AvgIpc) is 3.39. The first-order valence-electron chi connectivity index (χ1n) is 8.94. The maximum absolute atomic E-state index is 12.8. The second-order valence-corrected chi connectivity index (χ2v) is 8.57. The van der Waals surface area contributed by atoms with Crippen molar-refractivity contribution in [1.29, 1.82) is 0 Å². The van der Waals surface area contributed by atoms with Gasteiger partial charge in [-0.2, -0.15) is 0 Å². The van der Waals surface area contributed by atoms with E-state index < -0.39 is 0 Å². The van der Waals surface area contributed by atoms with E-state index in [4.69, 9.17) is 4.42 Å². The Kier molecular flexibility index (Phi) is 5.92. The lowest BCUT2D eigenvalue weighted by atomic mass is 10.1. The molecule has 0 bridgehead atoms. The lowest BCUT2D eigenvalue weighted by Gasteiger charge is -2.12. The molecule has 4 aromatic rings. The summed E-state index contributed by atoms with van der Waals surface area (Å²) in [4.78, 5) is 17.0. The van der Waals surface area contributed by atoms with Crippen molar-refractivity contribution in [2.24, 2.45) is 0 Å². The molecule has 0 N–H and O–H groups in total. The number of ketones is 1. The standard InChI is InChI=1S/C21H17BrN4O2S/c1-14(19(27)15-6-8-17(22)9-7-15)29-21-25-24-20(16-4-2-10-23-12-16)26(21)13-18-5-3-11-28-18/h2-12,14H,13H2,1H3.